The normalized spacial score (nSPS) is 18.2. The van der Waals surface area contributed by atoms with Gasteiger partial charge in [0.15, 0.2) is 5.84 Å². The van der Waals surface area contributed by atoms with Gasteiger partial charge in [0.1, 0.15) is 12.2 Å². The second-order valence-corrected chi connectivity index (χ2v) is 11.7. The van der Waals surface area contributed by atoms with Crippen molar-refractivity contribution in [1.82, 2.24) is 14.7 Å². The first-order chi connectivity index (χ1) is 18.1. The quantitative estimate of drug-likeness (QED) is 0.253. The predicted octanol–water partition coefficient (Wildman–Crippen LogP) is 4.87. The molecule has 38 heavy (non-hydrogen) atoms. The van der Waals surface area contributed by atoms with Crippen LogP contribution in [-0.4, -0.2) is 83.9 Å². The monoisotopic (exact) mass is 525 g/mol. The highest BCUT2D eigenvalue weighted by atomic mass is 19.1. The van der Waals surface area contributed by atoms with Crippen molar-refractivity contribution in [1.29, 1.82) is 10.8 Å². The Labute approximate surface area is 229 Å². The average Bonchev–Trinajstić information content (AvgIpc) is 3.28. The lowest BCUT2D eigenvalue weighted by atomic mass is 9.76. The molecule has 4 N–H and O–H groups in total. The fourth-order valence-corrected chi connectivity index (χ4v) is 6.36. The number of benzene rings is 1. The van der Waals surface area contributed by atoms with Crippen molar-refractivity contribution in [2.75, 3.05) is 39.3 Å². The minimum Gasteiger partial charge on any atom is -0.369 e. The maximum atomic E-state index is 14.3. The maximum absolute atomic E-state index is 14.3. The van der Waals surface area contributed by atoms with Crippen LogP contribution in [0.3, 0.4) is 0 Å². The SMILES string of the molecule is C=C(c1cc(F)ccc1CC(=N)C(=NC=N)N1CCC2(C1)CN(C(CCCN)C(C)C)C2)N(CC)C(C)C. The molecule has 8 heteroatoms. The molecular formula is C30H48FN7. The zero-order chi connectivity index (χ0) is 28.0. The number of rotatable bonds is 13. The van der Waals surface area contributed by atoms with E-state index in [9.17, 15) is 4.39 Å². The Bertz CT molecular complexity index is 1030. The molecular weight excluding hydrogens is 477 g/mol. The molecule has 2 heterocycles. The lowest BCUT2D eigenvalue weighted by Gasteiger charge is -2.53. The fraction of sp³-hybridized carbons (Fsp3) is 0.633. The zero-order valence-electron chi connectivity index (χ0n) is 24.1. The molecule has 1 atom stereocenters. The number of halogens is 1. The van der Waals surface area contributed by atoms with E-state index in [4.69, 9.17) is 16.6 Å². The van der Waals surface area contributed by atoms with Gasteiger partial charge in [0.05, 0.1) is 5.71 Å². The lowest BCUT2D eigenvalue weighted by Crippen LogP contribution is -2.62. The second kappa shape index (κ2) is 13.0. The van der Waals surface area contributed by atoms with E-state index in [1.54, 1.807) is 6.07 Å². The molecule has 0 aliphatic carbocycles. The number of hydrogen-bond acceptors (Lipinski definition) is 5. The molecule has 7 nitrogen and oxygen atoms in total. The van der Waals surface area contributed by atoms with Crippen molar-refractivity contribution >= 4 is 23.6 Å². The Hall–Kier alpha value is -2.58. The third-order valence-electron chi connectivity index (χ3n) is 8.27. The van der Waals surface area contributed by atoms with Crippen LogP contribution in [0.4, 0.5) is 4.39 Å². The molecule has 0 radical (unpaired) electrons. The van der Waals surface area contributed by atoms with Gasteiger partial charge in [-0.05, 0) is 70.2 Å². The van der Waals surface area contributed by atoms with Gasteiger partial charge in [-0.3, -0.25) is 10.3 Å². The smallest absolute Gasteiger partial charge is 0.151 e. The van der Waals surface area contributed by atoms with Crippen molar-refractivity contribution < 1.29 is 4.39 Å². The Morgan fingerprint density at radius 1 is 1.26 bits per heavy atom. The predicted molar refractivity (Wildman–Crippen MR) is 158 cm³/mol. The molecule has 2 saturated heterocycles. The van der Waals surface area contributed by atoms with Crippen LogP contribution in [0.25, 0.3) is 5.70 Å². The molecule has 210 valence electrons. The summed E-state index contributed by atoms with van der Waals surface area (Å²) in [5.41, 5.74) is 8.68. The number of nitrogens with two attached hydrogens (primary N) is 1. The number of aliphatic imine (C=N–C) groups is 1. The number of nitrogens with one attached hydrogen (secondary N) is 2. The summed E-state index contributed by atoms with van der Waals surface area (Å²) in [6.07, 6.45) is 4.59. The summed E-state index contributed by atoms with van der Waals surface area (Å²) in [5, 5.41) is 16.7. The van der Waals surface area contributed by atoms with Crippen LogP contribution in [0.15, 0.2) is 29.8 Å². The van der Waals surface area contributed by atoms with E-state index in [2.05, 4.69) is 60.9 Å². The van der Waals surface area contributed by atoms with E-state index in [0.29, 0.717) is 29.9 Å². The van der Waals surface area contributed by atoms with Crippen molar-refractivity contribution in [3.63, 3.8) is 0 Å². The minimum atomic E-state index is -0.313. The average molecular weight is 526 g/mol. The van der Waals surface area contributed by atoms with Gasteiger partial charge in [0, 0.05) is 67.9 Å². The molecule has 0 saturated carbocycles. The van der Waals surface area contributed by atoms with Crippen molar-refractivity contribution in [2.24, 2.45) is 22.1 Å². The first-order valence-corrected chi connectivity index (χ1v) is 14.1. The number of hydrogen-bond donors (Lipinski definition) is 3. The third-order valence-corrected chi connectivity index (χ3v) is 8.27. The fourth-order valence-electron chi connectivity index (χ4n) is 6.36. The topological polar surface area (TPSA) is 95.8 Å². The minimum absolute atomic E-state index is 0.215. The molecule has 2 fully saturated rings. The van der Waals surface area contributed by atoms with Crippen LogP contribution >= 0.6 is 0 Å². The summed E-state index contributed by atoms with van der Waals surface area (Å²) in [4.78, 5) is 11.3. The molecule has 2 aliphatic rings. The van der Waals surface area contributed by atoms with E-state index in [-0.39, 0.29) is 17.3 Å². The molecule has 2 aliphatic heterocycles. The van der Waals surface area contributed by atoms with Crippen LogP contribution in [0.1, 0.15) is 65.0 Å². The Kier molecular flexibility index (Phi) is 10.2. The first-order valence-electron chi connectivity index (χ1n) is 14.1. The molecule has 0 aromatic heterocycles. The largest absolute Gasteiger partial charge is 0.369 e. The second-order valence-electron chi connectivity index (χ2n) is 11.7. The third kappa shape index (κ3) is 6.70. The van der Waals surface area contributed by atoms with Gasteiger partial charge >= 0.3 is 0 Å². The van der Waals surface area contributed by atoms with E-state index in [0.717, 1.165) is 81.7 Å². The van der Waals surface area contributed by atoms with Crippen molar-refractivity contribution in [3.8, 4) is 0 Å². The maximum Gasteiger partial charge on any atom is 0.151 e. The van der Waals surface area contributed by atoms with Crippen LogP contribution in [-0.2, 0) is 6.42 Å². The Morgan fingerprint density at radius 2 is 1.97 bits per heavy atom. The molecule has 1 unspecified atom stereocenters. The first kappa shape index (κ1) is 30.0. The van der Waals surface area contributed by atoms with Crippen LogP contribution in [0.2, 0.25) is 0 Å². The highest BCUT2D eigenvalue weighted by Gasteiger charge is 2.50. The highest BCUT2D eigenvalue weighted by Crippen LogP contribution is 2.42. The van der Waals surface area contributed by atoms with Crippen LogP contribution in [0, 0.1) is 28.0 Å². The number of amidine groups is 1. The standard InChI is InChI=1S/C30H48FN7/c1-7-38(22(4)5)23(6)26-16-25(31)11-10-24(26)15-27(34)29(35-20-33)36-14-12-30(17-36)18-37(19-30)28(21(2)3)9-8-13-32/h10-11,16,20-22,28,33-34H,6-9,12-15,17-19,32H2,1-5H3. The van der Waals surface area contributed by atoms with Gasteiger partial charge in [-0.25, -0.2) is 9.38 Å². The molecule has 3 rings (SSSR count). The van der Waals surface area contributed by atoms with Crippen molar-refractivity contribution in [2.45, 2.75) is 72.4 Å². The number of likely N-dealkylation sites (tertiary alicyclic amines) is 2. The summed E-state index contributed by atoms with van der Waals surface area (Å²) in [6, 6.07) is 5.51. The summed E-state index contributed by atoms with van der Waals surface area (Å²) in [7, 11) is 0. The van der Waals surface area contributed by atoms with Crippen LogP contribution < -0.4 is 5.73 Å². The summed E-state index contributed by atoms with van der Waals surface area (Å²) in [5.74, 6) is 0.835. The van der Waals surface area contributed by atoms with Gasteiger partial charge < -0.3 is 20.9 Å². The summed E-state index contributed by atoms with van der Waals surface area (Å²) in [6.45, 7) is 20.4. The Morgan fingerprint density at radius 3 is 2.55 bits per heavy atom. The van der Waals surface area contributed by atoms with E-state index >= 15 is 0 Å². The van der Waals surface area contributed by atoms with Gasteiger partial charge in [0.25, 0.3) is 0 Å². The van der Waals surface area contributed by atoms with Gasteiger partial charge in [-0.1, -0.05) is 26.5 Å². The zero-order valence-corrected chi connectivity index (χ0v) is 24.1. The van der Waals surface area contributed by atoms with E-state index in [1.807, 2.05) is 0 Å². The Balaban J connectivity index is 1.73. The van der Waals surface area contributed by atoms with E-state index < -0.39 is 0 Å². The molecule has 1 aromatic rings. The van der Waals surface area contributed by atoms with Crippen LogP contribution in [0.5, 0.6) is 0 Å². The molecule has 1 spiro atoms. The van der Waals surface area contributed by atoms with Gasteiger partial charge in [-0.2, -0.15) is 0 Å². The summed E-state index contributed by atoms with van der Waals surface area (Å²) >= 11 is 0. The van der Waals surface area contributed by atoms with Gasteiger partial charge in [0.2, 0.25) is 0 Å². The summed E-state index contributed by atoms with van der Waals surface area (Å²) < 4.78 is 14.3. The lowest BCUT2D eigenvalue weighted by molar-refractivity contribution is -0.0378. The molecule has 1 aromatic carbocycles. The molecule has 0 bridgehead atoms. The van der Waals surface area contributed by atoms with E-state index in [1.165, 1.54) is 12.1 Å². The molecule has 0 amide bonds. The number of nitrogens with zero attached hydrogens (tertiary/aromatic N) is 4. The van der Waals surface area contributed by atoms with Gasteiger partial charge in [-0.15, -0.1) is 0 Å². The highest BCUT2D eigenvalue weighted by molar-refractivity contribution is 6.41. The van der Waals surface area contributed by atoms with Crippen molar-refractivity contribution in [3.05, 3.63) is 41.7 Å².